The van der Waals surface area contributed by atoms with Crippen LogP contribution in [-0.4, -0.2) is 29.1 Å². The average molecular weight is 385 g/mol. The predicted octanol–water partition coefficient (Wildman–Crippen LogP) is 5.01. The number of anilines is 2. The Morgan fingerprint density at radius 1 is 1.14 bits per heavy atom. The molecule has 0 N–H and O–H groups in total. The smallest absolute Gasteiger partial charge is 0.305 e. The predicted molar refractivity (Wildman–Crippen MR) is 105 cm³/mol. The molecule has 3 aromatic rings. The van der Waals surface area contributed by atoms with Crippen LogP contribution in [0.3, 0.4) is 0 Å². The van der Waals surface area contributed by atoms with Gasteiger partial charge in [-0.25, -0.2) is 9.37 Å². The molecule has 3 rings (SSSR count). The number of esters is 1. The number of hydrogen-bond acceptors (Lipinski definition) is 6. The molecule has 2 heterocycles. The number of benzene rings is 1. The number of nitrogens with zero attached hydrogens (tertiary/aromatic N) is 3. The van der Waals surface area contributed by atoms with Crippen LogP contribution in [0.2, 0.25) is 0 Å². The summed E-state index contributed by atoms with van der Waals surface area (Å²) in [5.41, 5.74) is 1.46. The number of pyridine rings is 1. The lowest BCUT2D eigenvalue weighted by atomic mass is 10.1. The minimum atomic E-state index is -0.389. The second-order valence-corrected chi connectivity index (χ2v) is 6.42. The molecular weight excluding hydrogens is 361 g/mol. The minimum Gasteiger partial charge on any atom is -0.466 e. The Kier molecular flexibility index (Phi) is 6.94. The molecule has 0 aliphatic rings. The van der Waals surface area contributed by atoms with E-state index in [1.165, 1.54) is 12.3 Å². The molecule has 1 aromatic carbocycles. The summed E-state index contributed by atoms with van der Waals surface area (Å²) in [6, 6.07) is 11.0. The van der Waals surface area contributed by atoms with Gasteiger partial charge in [-0.3, -0.25) is 9.69 Å². The van der Waals surface area contributed by atoms with Gasteiger partial charge in [-0.15, -0.1) is 0 Å². The van der Waals surface area contributed by atoms with Gasteiger partial charge in [-0.1, -0.05) is 25.0 Å². The highest BCUT2D eigenvalue weighted by atomic mass is 19.1. The van der Waals surface area contributed by atoms with Gasteiger partial charge in [0.05, 0.1) is 12.8 Å². The highest BCUT2D eigenvalue weighted by Crippen LogP contribution is 2.27. The zero-order valence-corrected chi connectivity index (χ0v) is 15.9. The summed E-state index contributed by atoms with van der Waals surface area (Å²) < 4.78 is 24.1. The Morgan fingerprint density at radius 3 is 2.71 bits per heavy atom. The van der Waals surface area contributed by atoms with E-state index in [-0.39, 0.29) is 11.8 Å². The van der Waals surface area contributed by atoms with E-state index in [2.05, 4.69) is 9.97 Å². The van der Waals surface area contributed by atoms with Crippen molar-refractivity contribution in [2.75, 3.05) is 18.1 Å². The number of rotatable bonds is 10. The average Bonchev–Trinajstić information content (AvgIpc) is 3.12. The number of para-hydroxylation sites is 2. The molecule has 0 saturated heterocycles. The summed E-state index contributed by atoms with van der Waals surface area (Å²) in [4.78, 5) is 21.9. The van der Waals surface area contributed by atoms with Crippen molar-refractivity contribution < 1.29 is 18.3 Å². The maximum absolute atomic E-state index is 13.3. The standard InChI is InChI=1S/C21H24FN3O3/c1-2-27-20(26)11-5-3-4-8-14-25(19-13-12-16(22)15-23-19)21-24-17-9-6-7-10-18(17)28-21/h6-7,9-10,12-13,15H,2-5,8,11,14H2,1H3. The number of carbonyl (C=O) groups excluding carboxylic acids is 1. The Bertz CT molecular complexity index is 862. The first-order valence-corrected chi connectivity index (χ1v) is 9.57. The number of aromatic nitrogens is 2. The monoisotopic (exact) mass is 385 g/mol. The van der Waals surface area contributed by atoms with E-state index in [0.717, 1.165) is 31.2 Å². The molecule has 7 heteroatoms. The lowest BCUT2D eigenvalue weighted by Crippen LogP contribution is -2.20. The van der Waals surface area contributed by atoms with Crippen molar-refractivity contribution >= 4 is 28.9 Å². The third kappa shape index (κ3) is 5.28. The molecule has 0 unspecified atom stereocenters. The van der Waals surface area contributed by atoms with Crippen LogP contribution in [0.25, 0.3) is 11.1 Å². The fraction of sp³-hybridized carbons (Fsp3) is 0.381. The molecule has 0 radical (unpaired) electrons. The Balaban J connectivity index is 1.62. The molecule has 0 fully saturated rings. The molecule has 6 nitrogen and oxygen atoms in total. The molecule has 2 aromatic heterocycles. The first-order chi connectivity index (χ1) is 13.7. The van der Waals surface area contributed by atoms with Gasteiger partial charge in [0.2, 0.25) is 0 Å². The fourth-order valence-electron chi connectivity index (χ4n) is 2.94. The van der Waals surface area contributed by atoms with E-state index >= 15 is 0 Å². The van der Waals surface area contributed by atoms with Gasteiger partial charge in [-0.05, 0) is 44.0 Å². The second kappa shape index (κ2) is 9.82. The fourth-order valence-corrected chi connectivity index (χ4v) is 2.94. The van der Waals surface area contributed by atoms with Gasteiger partial charge in [-0.2, -0.15) is 4.98 Å². The molecule has 0 aliphatic carbocycles. The van der Waals surface area contributed by atoms with Crippen LogP contribution >= 0.6 is 0 Å². The summed E-state index contributed by atoms with van der Waals surface area (Å²) in [5.74, 6) is 0.0471. The number of carbonyl (C=O) groups is 1. The van der Waals surface area contributed by atoms with Crippen molar-refractivity contribution in [1.29, 1.82) is 0 Å². The van der Waals surface area contributed by atoms with Crippen LogP contribution in [0.15, 0.2) is 47.0 Å². The number of oxazole rings is 1. The van der Waals surface area contributed by atoms with E-state index < -0.39 is 0 Å². The molecular formula is C21H24FN3O3. The molecule has 148 valence electrons. The number of halogens is 1. The van der Waals surface area contributed by atoms with Crippen LogP contribution in [-0.2, 0) is 9.53 Å². The summed E-state index contributed by atoms with van der Waals surface area (Å²) >= 11 is 0. The number of ether oxygens (including phenoxy) is 1. The van der Waals surface area contributed by atoms with E-state index in [1.807, 2.05) is 36.1 Å². The van der Waals surface area contributed by atoms with Crippen LogP contribution < -0.4 is 4.90 Å². The van der Waals surface area contributed by atoms with Gasteiger partial charge < -0.3 is 9.15 Å². The van der Waals surface area contributed by atoms with E-state index in [1.54, 1.807) is 6.07 Å². The summed E-state index contributed by atoms with van der Waals surface area (Å²) in [5, 5.41) is 0. The minimum absolute atomic E-state index is 0.147. The Morgan fingerprint density at radius 2 is 1.96 bits per heavy atom. The van der Waals surface area contributed by atoms with Crippen LogP contribution in [0.4, 0.5) is 16.2 Å². The van der Waals surface area contributed by atoms with Gasteiger partial charge in [0.25, 0.3) is 0 Å². The van der Waals surface area contributed by atoms with Gasteiger partial charge in [0, 0.05) is 13.0 Å². The van der Waals surface area contributed by atoms with E-state index in [4.69, 9.17) is 9.15 Å². The second-order valence-electron chi connectivity index (χ2n) is 6.42. The van der Waals surface area contributed by atoms with Crippen LogP contribution in [0, 0.1) is 5.82 Å². The quantitative estimate of drug-likeness (QED) is 0.361. The molecule has 28 heavy (non-hydrogen) atoms. The van der Waals surface area contributed by atoms with Crippen molar-refractivity contribution in [2.24, 2.45) is 0 Å². The Labute approximate surface area is 163 Å². The molecule has 0 bridgehead atoms. The number of fused-ring (bicyclic) bond motifs is 1. The first kappa shape index (κ1) is 19.8. The molecule has 0 saturated carbocycles. The number of unbranched alkanes of at least 4 members (excludes halogenated alkanes) is 3. The third-order valence-electron chi connectivity index (χ3n) is 4.32. The maximum Gasteiger partial charge on any atom is 0.305 e. The maximum atomic E-state index is 13.3. The topological polar surface area (TPSA) is 68.5 Å². The van der Waals surface area contributed by atoms with Crippen molar-refractivity contribution in [3.05, 3.63) is 48.4 Å². The molecule has 0 spiro atoms. The van der Waals surface area contributed by atoms with Crippen LogP contribution in [0.1, 0.15) is 39.0 Å². The largest absolute Gasteiger partial charge is 0.466 e. The van der Waals surface area contributed by atoms with Crippen molar-refractivity contribution in [1.82, 2.24) is 9.97 Å². The summed E-state index contributed by atoms with van der Waals surface area (Å²) in [6.45, 7) is 2.86. The van der Waals surface area contributed by atoms with Crippen molar-refractivity contribution in [3.63, 3.8) is 0 Å². The Hall–Kier alpha value is -2.96. The first-order valence-electron chi connectivity index (χ1n) is 9.57. The number of hydrogen-bond donors (Lipinski definition) is 0. The van der Waals surface area contributed by atoms with E-state index in [9.17, 15) is 9.18 Å². The highest BCUT2D eigenvalue weighted by molar-refractivity contribution is 5.75. The van der Waals surface area contributed by atoms with Gasteiger partial charge in [0.1, 0.15) is 17.2 Å². The highest BCUT2D eigenvalue weighted by Gasteiger charge is 2.17. The third-order valence-corrected chi connectivity index (χ3v) is 4.32. The van der Waals surface area contributed by atoms with Gasteiger partial charge >= 0.3 is 12.0 Å². The SMILES string of the molecule is CCOC(=O)CCCCCCN(c1ccc(F)cn1)c1nc2ccccc2o1. The summed E-state index contributed by atoms with van der Waals surface area (Å²) in [7, 11) is 0. The lowest BCUT2D eigenvalue weighted by Gasteiger charge is -2.19. The summed E-state index contributed by atoms with van der Waals surface area (Å²) in [6.07, 6.45) is 5.16. The lowest BCUT2D eigenvalue weighted by molar-refractivity contribution is -0.143. The van der Waals surface area contributed by atoms with Crippen molar-refractivity contribution in [3.8, 4) is 0 Å². The molecule has 0 amide bonds. The molecule has 0 aliphatic heterocycles. The normalized spacial score (nSPS) is 10.9. The zero-order chi connectivity index (χ0) is 19.8. The van der Waals surface area contributed by atoms with Crippen molar-refractivity contribution in [2.45, 2.75) is 39.0 Å². The van der Waals surface area contributed by atoms with E-state index in [0.29, 0.717) is 37.0 Å². The van der Waals surface area contributed by atoms with Gasteiger partial charge in [0.15, 0.2) is 5.58 Å². The zero-order valence-electron chi connectivity index (χ0n) is 15.9. The molecule has 0 atom stereocenters. The van der Waals surface area contributed by atoms with Crippen LogP contribution in [0.5, 0.6) is 0 Å².